The van der Waals surface area contributed by atoms with Gasteiger partial charge in [-0.3, -0.25) is 0 Å². The van der Waals surface area contributed by atoms with Crippen LogP contribution in [-0.4, -0.2) is 4.98 Å². The van der Waals surface area contributed by atoms with Crippen molar-refractivity contribution in [2.75, 3.05) is 4.90 Å². The summed E-state index contributed by atoms with van der Waals surface area (Å²) in [6.45, 7) is 0. The number of aromatic nitrogens is 1. The number of benzene rings is 8. The second kappa shape index (κ2) is 12.3. The lowest BCUT2D eigenvalue weighted by molar-refractivity contribution is 0.617. The second-order valence-electron chi connectivity index (χ2n) is 13.5. The Balaban J connectivity index is 1.05. The highest BCUT2D eigenvalue weighted by Gasteiger charge is 2.20. The molecule has 3 heterocycles. The molecule has 254 valence electrons. The maximum atomic E-state index is 6.58. The summed E-state index contributed by atoms with van der Waals surface area (Å²) in [7, 11) is 0. The van der Waals surface area contributed by atoms with E-state index in [1.54, 1.807) is 0 Å². The molecule has 54 heavy (non-hydrogen) atoms. The standard InChI is InChI=1S/C49H30N2O2S/c1-3-12-31(13-4-1)36-16-7-9-20-43(36)51(34-24-22-32(23-25-34)37-18-11-19-40-39-17-8-10-21-47(39)54-48(37)40)35-26-27-38-41-29-42-46(30-45(41)52-44(38)28-35)53-49(50-42)33-14-5-2-6-15-33/h1-30H. The van der Waals surface area contributed by atoms with E-state index in [0.29, 0.717) is 11.5 Å². The molecule has 0 spiro atoms. The molecule has 0 saturated carbocycles. The summed E-state index contributed by atoms with van der Waals surface area (Å²) in [4.78, 5) is 7.16. The molecule has 0 radical (unpaired) electrons. The molecule has 0 fully saturated rings. The van der Waals surface area contributed by atoms with E-state index >= 15 is 0 Å². The van der Waals surface area contributed by atoms with Gasteiger partial charge in [-0.05, 0) is 71.3 Å². The van der Waals surface area contributed by atoms with E-state index in [2.05, 4.69) is 150 Å². The van der Waals surface area contributed by atoms with Crippen LogP contribution in [0.3, 0.4) is 0 Å². The topological polar surface area (TPSA) is 42.4 Å². The molecular formula is C49H30N2O2S. The number of para-hydroxylation sites is 1. The maximum absolute atomic E-state index is 6.58. The minimum atomic E-state index is 0.601. The molecule has 11 rings (SSSR count). The van der Waals surface area contributed by atoms with Crippen LogP contribution in [0.5, 0.6) is 0 Å². The molecule has 0 saturated heterocycles. The normalized spacial score (nSPS) is 11.7. The molecule has 0 N–H and O–H groups in total. The van der Waals surface area contributed by atoms with Gasteiger partial charge in [0.25, 0.3) is 0 Å². The third kappa shape index (κ3) is 5.01. The third-order valence-electron chi connectivity index (χ3n) is 10.3. The van der Waals surface area contributed by atoms with Crippen LogP contribution in [0.4, 0.5) is 17.1 Å². The van der Waals surface area contributed by atoms with E-state index in [4.69, 9.17) is 13.8 Å². The number of rotatable bonds is 6. The van der Waals surface area contributed by atoms with E-state index < -0.39 is 0 Å². The van der Waals surface area contributed by atoms with Gasteiger partial charge in [0.05, 0.1) is 5.69 Å². The molecule has 3 aromatic heterocycles. The van der Waals surface area contributed by atoms with Crippen molar-refractivity contribution in [2.24, 2.45) is 0 Å². The number of anilines is 3. The summed E-state index contributed by atoms with van der Waals surface area (Å²) in [5.41, 5.74) is 11.9. The lowest BCUT2D eigenvalue weighted by atomic mass is 10.00. The number of thiophene rings is 1. The van der Waals surface area contributed by atoms with Crippen LogP contribution in [0, 0.1) is 0 Å². The number of nitrogens with zero attached hydrogens (tertiary/aromatic N) is 2. The zero-order valence-corrected chi connectivity index (χ0v) is 29.8. The van der Waals surface area contributed by atoms with Crippen molar-refractivity contribution in [1.29, 1.82) is 0 Å². The fourth-order valence-corrected chi connectivity index (χ4v) is 8.99. The maximum Gasteiger partial charge on any atom is 0.227 e. The quantitative estimate of drug-likeness (QED) is 0.172. The minimum absolute atomic E-state index is 0.601. The smallest absolute Gasteiger partial charge is 0.227 e. The highest BCUT2D eigenvalue weighted by molar-refractivity contribution is 7.26. The van der Waals surface area contributed by atoms with Gasteiger partial charge >= 0.3 is 0 Å². The Morgan fingerprint density at radius 2 is 1.09 bits per heavy atom. The molecular weight excluding hydrogens is 681 g/mol. The highest BCUT2D eigenvalue weighted by atomic mass is 32.1. The van der Waals surface area contributed by atoms with E-state index in [9.17, 15) is 0 Å². The minimum Gasteiger partial charge on any atom is -0.456 e. The van der Waals surface area contributed by atoms with Gasteiger partial charge in [-0.2, -0.15) is 0 Å². The van der Waals surface area contributed by atoms with Crippen LogP contribution < -0.4 is 4.90 Å². The van der Waals surface area contributed by atoms with Crippen molar-refractivity contribution in [2.45, 2.75) is 0 Å². The van der Waals surface area contributed by atoms with E-state index in [0.717, 1.165) is 61.2 Å². The van der Waals surface area contributed by atoms with Crippen LogP contribution in [0.25, 0.3) is 86.9 Å². The van der Waals surface area contributed by atoms with Crippen molar-refractivity contribution in [3.8, 4) is 33.7 Å². The Bertz CT molecular complexity index is 3160. The fourth-order valence-electron chi connectivity index (χ4n) is 7.75. The summed E-state index contributed by atoms with van der Waals surface area (Å²) >= 11 is 1.86. The molecule has 8 aromatic carbocycles. The molecule has 0 aliphatic heterocycles. The summed E-state index contributed by atoms with van der Waals surface area (Å²) in [6, 6.07) is 64.0. The van der Waals surface area contributed by atoms with Crippen molar-refractivity contribution in [3.63, 3.8) is 0 Å². The SMILES string of the molecule is c1ccc(-c2nc3cc4c(cc3o2)oc2cc(N(c3ccc(-c5cccc6c5sc5ccccc56)cc3)c3ccccc3-c3ccccc3)ccc24)cc1. The molecule has 0 bridgehead atoms. The second-order valence-corrected chi connectivity index (χ2v) is 14.6. The van der Waals surface area contributed by atoms with Gasteiger partial charge in [-0.15, -0.1) is 11.3 Å². The number of hydrogen-bond donors (Lipinski definition) is 0. The first-order valence-corrected chi connectivity index (χ1v) is 18.8. The van der Waals surface area contributed by atoms with Crippen molar-refractivity contribution < 1.29 is 8.83 Å². The first-order chi connectivity index (χ1) is 26.7. The summed E-state index contributed by atoms with van der Waals surface area (Å²) in [6.07, 6.45) is 0. The highest BCUT2D eigenvalue weighted by Crippen LogP contribution is 2.45. The molecule has 0 aliphatic rings. The fraction of sp³-hybridized carbons (Fsp3) is 0. The Labute approximate surface area is 314 Å². The van der Waals surface area contributed by atoms with Crippen molar-refractivity contribution in [3.05, 3.63) is 182 Å². The van der Waals surface area contributed by atoms with Crippen LogP contribution in [0.2, 0.25) is 0 Å². The Hall–Kier alpha value is -6.95. The zero-order chi connectivity index (χ0) is 35.6. The Morgan fingerprint density at radius 3 is 1.94 bits per heavy atom. The third-order valence-corrected chi connectivity index (χ3v) is 11.5. The molecule has 0 aliphatic carbocycles. The van der Waals surface area contributed by atoms with E-state index in [-0.39, 0.29) is 0 Å². The van der Waals surface area contributed by atoms with Gasteiger partial charge in [-0.1, -0.05) is 115 Å². The van der Waals surface area contributed by atoms with E-state index in [1.165, 1.54) is 31.3 Å². The lowest BCUT2D eigenvalue weighted by Crippen LogP contribution is -2.11. The van der Waals surface area contributed by atoms with Gasteiger partial charge < -0.3 is 13.7 Å². The van der Waals surface area contributed by atoms with Crippen LogP contribution >= 0.6 is 11.3 Å². The van der Waals surface area contributed by atoms with Crippen LogP contribution in [0.1, 0.15) is 0 Å². The molecule has 0 atom stereocenters. The van der Waals surface area contributed by atoms with Crippen LogP contribution in [0.15, 0.2) is 191 Å². The summed E-state index contributed by atoms with van der Waals surface area (Å²) < 4.78 is 15.4. The van der Waals surface area contributed by atoms with Gasteiger partial charge in [0, 0.05) is 65.6 Å². The molecule has 0 amide bonds. The van der Waals surface area contributed by atoms with Crippen LogP contribution in [-0.2, 0) is 0 Å². The number of oxazole rings is 1. The first kappa shape index (κ1) is 30.7. The predicted octanol–water partition coefficient (Wildman–Crippen LogP) is 14.6. The summed E-state index contributed by atoms with van der Waals surface area (Å²) in [5, 5.41) is 4.65. The van der Waals surface area contributed by atoms with Crippen molar-refractivity contribution >= 4 is 81.6 Å². The lowest BCUT2D eigenvalue weighted by Gasteiger charge is -2.28. The van der Waals surface area contributed by atoms with Gasteiger partial charge in [-0.25, -0.2) is 4.98 Å². The Morgan fingerprint density at radius 1 is 0.426 bits per heavy atom. The summed E-state index contributed by atoms with van der Waals surface area (Å²) in [5.74, 6) is 0.601. The average Bonchev–Trinajstić information content (AvgIpc) is 3.94. The van der Waals surface area contributed by atoms with E-state index in [1.807, 2.05) is 47.7 Å². The van der Waals surface area contributed by atoms with Gasteiger partial charge in [0.1, 0.15) is 16.7 Å². The van der Waals surface area contributed by atoms with Crippen molar-refractivity contribution in [1.82, 2.24) is 4.98 Å². The van der Waals surface area contributed by atoms with Gasteiger partial charge in [0.15, 0.2) is 5.58 Å². The molecule has 11 aromatic rings. The average molecular weight is 711 g/mol. The molecule has 0 unspecified atom stereocenters. The first-order valence-electron chi connectivity index (χ1n) is 18.0. The number of fused-ring (bicyclic) bond motifs is 7. The largest absolute Gasteiger partial charge is 0.456 e. The molecule has 4 nitrogen and oxygen atoms in total. The Kier molecular flexibility index (Phi) is 7.00. The molecule has 5 heteroatoms. The monoisotopic (exact) mass is 710 g/mol. The van der Waals surface area contributed by atoms with Gasteiger partial charge in [0.2, 0.25) is 5.89 Å². The number of furan rings is 1. The predicted molar refractivity (Wildman–Crippen MR) is 225 cm³/mol. The number of hydrogen-bond acceptors (Lipinski definition) is 5. The zero-order valence-electron chi connectivity index (χ0n) is 28.9.